The van der Waals surface area contributed by atoms with Crippen molar-refractivity contribution in [2.75, 3.05) is 20.1 Å². The highest BCUT2D eigenvalue weighted by Gasteiger charge is 2.67. The number of halogens is 1. The van der Waals surface area contributed by atoms with Gasteiger partial charge in [-0.25, -0.2) is 4.39 Å². The fraction of sp³-hybridized carbons (Fsp3) is 0.409. The zero-order valence-electron chi connectivity index (χ0n) is 16.6. The summed E-state index contributed by atoms with van der Waals surface area (Å²) in [6.45, 7) is 1.32. The van der Waals surface area contributed by atoms with Crippen LogP contribution in [0, 0.1) is 17.7 Å². The number of likely N-dealkylation sites (tertiary alicyclic amines) is 1. The van der Waals surface area contributed by atoms with Crippen molar-refractivity contribution in [2.24, 2.45) is 11.8 Å². The number of H-pyrrole nitrogens is 1. The molecule has 2 aromatic rings. The Morgan fingerprint density at radius 2 is 2.17 bits per heavy atom. The summed E-state index contributed by atoms with van der Waals surface area (Å²) in [7, 11) is 1.76. The molecule has 1 aromatic heterocycles. The maximum absolute atomic E-state index is 13.3. The van der Waals surface area contributed by atoms with E-state index in [2.05, 4.69) is 10.2 Å². The van der Waals surface area contributed by atoms with Gasteiger partial charge in [0.1, 0.15) is 11.4 Å². The van der Waals surface area contributed by atoms with Crippen LogP contribution in [0.2, 0.25) is 0 Å². The summed E-state index contributed by atoms with van der Waals surface area (Å²) < 4.78 is 19.4. The summed E-state index contributed by atoms with van der Waals surface area (Å²) in [5.74, 6) is -1.49. The highest BCUT2D eigenvalue weighted by Crippen LogP contribution is 2.52. The van der Waals surface area contributed by atoms with Crippen LogP contribution in [0.4, 0.5) is 4.39 Å². The summed E-state index contributed by atoms with van der Waals surface area (Å²) >= 11 is 0. The second-order valence-corrected chi connectivity index (χ2v) is 8.34. The van der Waals surface area contributed by atoms with Gasteiger partial charge in [-0.1, -0.05) is 24.3 Å². The van der Waals surface area contributed by atoms with E-state index in [0.29, 0.717) is 26.1 Å². The number of rotatable bonds is 6. The third-order valence-corrected chi connectivity index (χ3v) is 6.42. The maximum Gasteiger partial charge on any atom is 0.230 e. The molecule has 30 heavy (non-hydrogen) atoms. The Labute approximate surface area is 173 Å². The molecule has 2 bridgehead atoms. The van der Waals surface area contributed by atoms with Crippen molar-refractivity contribution >= 4 is 11.8 Å². The van der Waals surface area contributed by atoms with Crippen molar-refractivity contribution < 1.29 is 18.7 Å². The van der Waals surface area contributed by atoms with Gasteiger partial charge in [0.2, 0.25) is 11.8 Å². The van der Waals surface area contributed by atoms with Crippen LogP contribution in [0.25, 0.3) is 0 Å². The summed E-state index contributed by atoms with van der Waals surface area (Å²) in [6, 6.07) is 6.13. The molecule has 2 amide bonds. The summed E-state index contributed by atoms with van der Waals surface area (Å²) in [4.78, 5) is 29.9. The van der Waals surface area contributed by atoms with Gasteiger partial charge in [-0.05, 0) is 29.7 Å². The molecule has 8 heteroatoms. The Morgan fingerprint density at radius 3 is 2.90 bits per heavy atom. The van der Waals surface area contributed by atoms with Gasteiger partial charge in [-0.3, -0.25) is 14.7 Å². The smallest absolute Gasteiger partial charge is 0.230 e. The molecule has 0 aliphatic carbocycles. The number of fused-ring (bicyclic) bond motifs is 1. The van der Waals surface area contributed by atoms with E-state index in [1.54, 1.807) is 35.2 Å². The van der Waals surface area contributed by atoms with Gasteiger partial charge < -0.3 is 14.5 Å². The number of carbonyl (C=O) groups excluding carboxylic acids is 2. The zero-order valence-corrected chi connectivity index (χ0v) is 16.6. The second-order valence-electron chi connectivity index (χ2n) is 8.34. The average molecular weight is 410 g/mol. The molecule has 156 valence electrons. The third-order valence-electron chi connectivity index (χ3n) is 6.42. The molecule has 4 heterocycles. The molecule has 2 fully saturated rings. The fourth-order valence-electron chi connectivity index (χ4n) is 4.88. The van der Waals surface area contributed by atoms with Crippen LogP contribution in [0.15, 0.2) is 48.8 Å². The number of nitrogens with one attached hydrogen (secondary N) is 1. The lowest BCUT2D eigenvalue weighted by Crippen LogP contribution is -2.45. The van der Waals surface area contributed by atoms with Crippen LogP contribution < -0.4 is 0 Å². The highest BCUT2D eigenvalue weighted by atomic mass is 19.1. The average Bonchev–Trinajstić information content (AvgIpc) is 3.50. The lowest BCUT2D eigenvalue weighted by atomic mass is 9.76. The minimum Gasteiger partial charge on any atom is -0.360 e. The first-order chi connectivity index (χ1) is 14.5. The van der Waals surface area contributed by atoms with Crippen LogP contribution in [0.5, 0.6) is 0 Å². The van der Waals surface area contributed by atoms with E-state index < -0.39 is 17.4 Å². The van der Waals surface area contributed by atoms with Crippen molar-refractivity contribution in [3.05, 3.63) is 65.8 Å². The molecular weight excluding hydrogens is 387 g/mol. The molecule has 7 nitrogen and oxygen atoms in total. The van der Waals surface area contributed by atoms with Crippen molar-refractivity contribution in [3.63, 3.8) is 0 Å². The quantitative estimate of drug-likeness (QED) is 0.733. The maximum atomic E-state index is 13.3. The monoisotopic (exact) mass is 410 g/mol. The Kier molecular flexibility index (Phi) is 4.47. The van der Waals surface area contributed by atoms with Crippen molar-refractivity contribution in [3.8, 4) is 0 Å². The van der Waals surface area contributed by atoms with Crippen molar-refractivity contribution in [2.45, 2.75) is 24.7 Å². The van der Waals surface area contributed by atoms with Crippen LogP contribution >= 0.6 is 0 Å². The lowest BCUT2D eigenvalue weighted by molar-refractivity contribution is -0.142. The first kappa shape index (κ1) is 19.0. The van der Waals surface area contributed by atoms with Crippen molar-refractivity contribution in [1.82, 2.24) is 20.0 Å². The number of carbonyl (C=O) groups is 2. The SMILES string of the molecule is CN(CCc1cn[nH]c1)C(=O)[C@@H]1[C@@H]2C=C[C@@]3(CN(Cc4ccc(F)cc4)C(=O)[C@@H]13)O2. The Bertz CT molecular complexity index is 990. The normalized spacial score (nSPS) is 28.9. The molecule has 2 saturated heterocycles. The molecule has 0 radical (unpaired) electrons. The van der Waals surface area contributed by atoms with E-state index in [1.807, 2.05) is 18.3 Å². The minimum absolute atomic E-state index is 0.0725. The largest absolute Gasteiger partial charge is 0.360 e. The van der Waals surface area contributed by atoms with Crippen LogP contribution in [0.3, 0.4) is 0 Å². The van der Waals surface area contributed by atoms with Crippen LogP contribution in [0.1, 0.15) is 11.1 Å². The molecule has 5 rings (SSSR count). The Morgan fingerprint density at radius 1 is 1.37 bits per heavy atom. The summed E-state index contributed by atoms with van der Waals surface area (Å²) in [6.07, 6.45) is 7.73. The summed E-state index contributed by atoms with van der Waals surface area (Å²) in [5, 5.41) is 6.69. The van der Waals surface area contributed by atoms with E-state index in [-0.39, 0.29) is 23.7 Å². The number of likely N-dealkylation sites (N-methyl/N-ethyl adjacent to an activating group) is 1. The molecule has 1 aromatic carbocycles. The number of aromatic nitrogens is 2. The van der Waals surface area contributed by atoms with Gasteiger partial charge in [-0.15, -0.1) is 0 Å². The van der Waals surface area contributed by atoms with Crippen LogP contribution in [-0.4, -0.2) is 63.7 Å². The molecule has 3 aliphatic rings. The number of hydrogen-bond donors (Lipinski definition) is 1. The zero-order chi connectivity index (χ0) is 20.9. The first-order valence-electron chi connectivity index (χ1n) is 10.1. The third kappa shape index (κ3) is 3.02. The van der Waals surface area contributed by atoms with Crippen LogP contribution in [-0.2, 0) is 27.3 Å². The lowest BCUT2D eigenvalue weighted by Gasteiger charge is -2.27. The Hall–Kier alpha value is -3.00. The number of nitrogens with zero attached hydrogens (tertiary/aromatic N) is 3. The van der Waals surface area contributed by atoms with E-state index >= 15 is 0 Å². The van der Waals surface area contributed by atoms with Gasteiger partial charge in [-0.2, -0.15) is 5.10 Å². The molecule has 1 N–H and O–H groups in total. The van der Waals surface area contributed by atoms with Gasteiger partial charge >= 0.3 is 0 Å². The molecular formula is C22H23FN4O3. The number of aromatic amines is 1. The van der Waals surface area contributed by atoms with Gasteiger partial charge in [0, 0.05) is 26.3 Å². The molecule has 3 aliphatic heterocycles. The standard InChI is InChI=1S/C22H23FN4O3/c1-26(9-7-15-10-24-25-11-15)20(28)18-17-6-8-22(30-17)13-27(21(29)19(18)22)12-14-2-4-16(23)5-3-14/h2-6,8,10-11,17-19H,7,9,12-13H2,1H3,(H,24,25)/t17-,18+,19+,22-/m0/s1. The summed E-state index contributed by atoms with van der Waals surface area (Å²) in [5.41, 5.74) is 1.13. The first-order valence-corrected chi connectivity index (χ1v) is 10.1. The van der Waals surface area contributed by atoms with E-state index in [4.69, 9.17) is 4.74 Å². The number of hydrogen-bond acceptors (Lipinski definition) is 4. The predicted octanol–water partition coefficient (Wildman–Crippen LogP) is 1.53. The number of ether oxygens (including phenoxy) is 1. The molecule has 1 spiro atoms. The highest BCUT2D eigenvalue weighted by molar-refractivity contribution is 5.93. The second kappa shape index (κ2) is 7.05. The number of amides is 2. The number of benzene rings is 1. The van der Waals surface area contributed by atoms with Gasteiger partial charge in [0.25, 0.3) is 0 Å². The van der Waals surface area contributed by atoms with E-state index in [1.165, 1.54) is 12.1 Å². The Balaban J connectivity index is 1.31. The molecule has 4 atom stereocenters. The van der Waals surface area contributed by atoms with Crippen molar-refractivity contribution in [1.29, 1.82) is 0 Å². The molecule has 0 unspecified atom stereocenters. The topological polar surface area (TPSA) is 78.5 Å². The van der Waals surface area contributed by atoms with Gasteiger partial charge in [0.05, 0.1) is 30.7 Å². The fourth-order valence-corrected chi connectivity index (χ4v) is 4.88. The van der Waals surface area contributed by atoms with E-state index in [9.17, 15) is 14.0 Å². The predicted molar refractivity (Wildman–Crippen MR) is 105 cm³/mol. The van der Waals surface area contributed by atoms with Gasteiger partial charge in [0.15, 0.2) is 0 Å². The molecule has 0 saturated carbocycles. The van der Waals surface area contributed by atoms with E-state index in [0.717, 1.165) is 11.1 Å². The minimum atomic E-state index is -0.743.